The first-order chi connectivity index (χ1) is 6.65. The van der Waals surface area contributed by atoms with Gasteiger partial charge in [-0.1, -0.05) is 17.7 Å². The Morgan fingerprint density at radius 1 is 1.50 bits per heavy atom. The van der Waals surface area contributed by atoms with Crippen LogP contribution in [0.4, 0.5) is 0 Å². The largest absolute Gasteiger partial charge is 0.496 e. The van der Waals surface area contributed by atoms with Gasteiger partial charge in [0.05, 0.1) is 7.11 Å². The van der Waals surface area contributed by atoms with Gasteiger partial charge in [0, 0.05) is 16.6 Å². The number of nitrogens with two attached hydrogens (primary N) is 1. The molecule has 0 aliphatic rings. The molecule has 0 heterocycles. The van der Waals surface area contributed by atoms with Gasteiger partial charge in [-0.15, -0.1) is 0 Å². The number of halogens is 1. The highest BCUT2D eigenvalue weighted by Gasteiger charge is 2.07. The third-order valence-corrected chi connectivity index (χ3v) is 2.50. The molecular formula is C11H16ClNO. The minimum Gasteiger partial charge on any atom is -0.496 e. The van der Waals surface area contributed by atoms with E-state index in [1.807, 2.05) is 25.1 Å². The van der Waals surface area contributed by atoms with Crippen molar-refractivity contribution >= 4 is 11.6 Å². The minimum atomic E-state index is 0.191. The van der Waals surface area contributed by atoms with Crippen molar-refractivity contribution in [1.29, 1.82) is 0 Å². The summed E-state index contributed by atoms with van der Waals surface area (Å²) in [5.74, 6) is 0.846. The van der Waals surface area contributed by atoms with Crippen LogP contribution in [0.2, 0.25) is 5.02 Å². The summed E-state index contributed by atoms with van der Waals surface area (Å²) in [7, 11) is 1.65. The van der Waals surface area contributed by atoms with Crippen LogP contribution < -0.4 is 10.5 Å². The Morgan fingerprint density at radius 3 is 2.79 bits per heavy atom. The molecule has 0 spiro atoms. The topological polar surface area (TPSA) is 35.2 Å². The highest BCUT2D eigenvalue weighted by atomic mass is 35.5. The van der Waals surface area contributed by atoms with E-state index in [4.69, 9.17) is 22.1 Å². The van der Waals surface area contributed by atoms with Gasteiger partial charge >= 0.3 is 0 Å². The smallest absolute Gasteiger partial charge is 0.123 e. The molecule has 0 radical (unpaired) electrons. The molecule has 0 aromatic heterocycles. The lowest BCUT2D eigenvalue weighted by Crippen LogP contribution is -2.15. The standard InChI is InChI=1S/C11H16ClNO/c1-8(13)6-7-9-10(12)4-3-5-11(9)14-2/h3-5,8H,6-7,13H2,1-2H3. The van der Waals surface area contributed by atoms with Gasteiger partial charge in [-0.25, -0.2) is 0 Å². The van der Waals surface area contributed by atoms with Crippen LogP contribution in [0.1, 0.15) is 18.9 Å². The normalized spacial score (nSPS) is 12.6. The third-order valence-electron chi connectivity index (χ3n) is 2.15. The lowest BCUT2D eigenvalue weighted by molar-refractivity contribution is 0.408. The summed E-state index contributed by atoms with van der Waals surface area (Å²) in [6.45, 7) is 1.99. The molecule has 0 bridgehead atoms. The molecule has 0 saturated heterocycles. The van der Waals surface area contributed by atoms with Gasteiger partial charge in [0.15, 0.2) is 0 Å². The molecule has 0 amide bonds. The van der Waals surface area contributed by atoms with Crippen molar-refractivity contribution in [3.05, 3.63) is 28.8 Å². The summed E-state index contributed by atoms with van der Waals surface area (Å²) in [5, 5.41) is 0.755. The van der Waals surface area contributed by atoms with Gasteiger partial charge in [-0.05, 0) is 31.9 Å². The fraction of sp³-hybridized carbons (Fsp3) is 0.455. The molecule has 1 aromatic carbocycles. The molecule has 1 atom stereocenters. The Bertz CT molecular complexity index is 299. The molecule has 2 N–H and O–H groups in total. The number of hydrogen-bond acceptors (Lipinski definition) is 2. The maximum atomic E-state index is 6.07. The van der Waals surface area contributed by atoms with Crippen LogP contribution in [0.25, 0.3) is 0 Å². The van der Waals surface area contributed by atoms with Gasteiger partial charge in [0.1, 0.15) is 5.75 Å². The van der Waals surface area contributed by atoms with Crippen molar-refractivity contribution in [1.82, 2.24) is 0 Å². The van der Waals surface area contributed by atoms with E-state index in [1.54, 1.807) is 7.11 Å². The number of hydrogen-bond donors (Lipinski definition) is 1. The highest BCUT2D eigenvalue weighted by Crippen LogP contribution is 2.27. The van der Waals surface area contributed by atoms with E-state index in [-0.39, 0.29) is 6.04 Å². The average molecular weight is 214 g/mol. The van der Waals surface area contributed by atoms with Crippen LogP contribution in [0.15, 0.2) is 18.2 Å². The summed E-state index contributed by atoms with van der Waals surface area (Å²) in [5.41, 5.74) is 6.75. The molecule has 1 aromatic rings. The zero-order valence-corrected chi connectivity index (χ0v) is 9.34. The molecule has 0 saturated carbocycles. The lowest BCUT2D eigenvalue weighted by atomic mass is 10.1. The minimum absolute atomic E-state index is 0.191. The van der Waals surface area contributed by atoms with E-state index in [0.29, 0.717) is 0 Å². The fourth-order valence-corrected chi connectivity index (χ4v) is 1.61. The second-order valence-corrected chi connectivity index (χ2v) is 3.84. The molecule has 1 rings (SSSR count). The van der Waals surface area contributed by atoms with Crippen molar-refractivity contribution in [3.8, 4) is 5.75 Å². The summed E-state index contributed by atoms with van der Waals surface area (Å²) < 4.78 is 5.23. The molecule has 1 unspecified atom stereocenters. The van der Waals surface area contributed by atoms with E-state index < -0.39 is 0 Å². The lowest BCUT2D eigenvalue weighted by Gasteiger charge is -2.11. The predicted molar refractivity (Wildman–Crippen MR) is 60.0 cm³/mol. The van der Waals surface area contributed by atoms with Gasteiger partial charge in [-0.3, -0.25) is 0 Å². The van der Waals surface area contributed by atoms with E-state index in [9.17, 15) is 0 Å². The molecule has 0 aliphatic heterocycles. The van der Waals surface area contributed by atoms with Crippen molar-refractivity contribution in [3.63, 3.8) is 0 Å². The van der Waals surface area contributed by atoms with E-state index in [0.717, 1.165) is 29.2 Å². The van der Waals surface area contributed by atoms with Crippen molar-refractivity contribution in [2.24, 2.45) is 5.73 Å². The molecule has 78 valence electrons. The molecule has 3 heteroatoms. The number of rotatable bonds is 4. The summed E-state index contributed by atoms with van der Waals surface area (Å²) in [6.07, 6.45) is 1.78. The maximum Gasteiger partial charge on any atom is 0.123 e. The van der Waals surface area contributed by atoms with Crippen molar-refractivity contribution in [2.45, 2.75) is 25.8 Å². The second kappa shape index (κ2) is 5.23. The van der Waals surface area contributed by atoms with Gasteiger partial charge in [0.25, 0.3) is 0 Å². The first-order valence-electron chi connectivity index (χ1n) is 4.72. The molecular weight excluding hydrogens is 198 g/mol. The van der Waals surface area contributed by atoms with Crippen LogP contribution >= 0.6 is 11.6 Å². The van der Waals surface area contributed by atoms with E-state index in [2.05, 4.69) is 0 Å². The quantitative estimate of drug-likeness (QED) is 0.835. The maximum absolute atomic E-state index is 6.07. The molecule has 0 fully saturated rings. The van der Waals surface area contributed by atoms with Crippen LogP contribution in [0.5, 0.6) is 5.75 Å². The van der Waals surface area contributed by atoms with Crippen LogP contribution in [0, 0.1) is 0 Å². The monoisotopic (exact) mass is 213 g/mol. The summed E-state index contributed by atoms with van der Waals surface area (Å²) in [6, 6.07) is 5.87. The Labute approximate surface area is 90.0 Å². The van der Waals surface area contributed by atoms with Gasteiger partial charge < -0.3 is 10.5 Å². The number of benzene rings is 1. The van der Waals surface area contributed by atoms with E-state index >= 15 is 0 Å². The van der Waals surface area contributed by atoms with E-state index in [1.165, 1.54) is 0 Å². The van der Waals surface area contributed by atoms with Crippen molar-refractivity contribution < 1.29 is 4.74 Å². The first kappa shape index (κ1) is 11.3. The Morgan fingerprint density at radius 2 is 2.21 bits per heavy atom. The van der Waals surface area contributed by atoms with Crippen LogP contribution in [-0.2, 0) is 6.42 Å². The van der Waals surface area contributed by atoms with Gasteiger partial charge in [-0.2, -0.15) is 0 Å². The zero-order chi connectivity index (χ0) is 10.6. The molecule has 14 heavy (non-hydrogen) atoms. The molecule has 2 nitrogen and oxygen atoms in total. The third kappa shape index (κ3) is 2.89. The Hall–Kier alpha value is -0.730. The summed E-state index contributed by atoms with van der Waals surface area (Å²) >= 11 is 6.07. The zero-order valence-electron chi connectivity index (χ0n) is 8.59. The average Bonchev–Trinajstić information content (AvgIpc) is 2.15. The number of methoxy groups -OCH3 is 1. The fourth-order valence-electron chi connectivity index (χ4n) is 1.34. The Balaban J connectivity index is 2.82. The second-order valence-electron chi connectivity index (χ2n) is 3.44. The SMILES string of the molecule is COc1cccc(Cl)c1CCC(C)N. The summed E-state index contributed by atoms with van der Waals surface area (Å²) in [4.78, 5) is 0. The number of ether oxygens (including phenoxy) is 1. The Kier molecular flexibility index (Phi) is 4.23. The highest BCUT2D eigenvalue weighted by molar-refractivity contribution is 6.31. The van der Waals surface area contributed by atoms with Crippen LogP contribution in [0.3, 0.4) is 0 Å². The van der Waals surface area contributed by atoms with Crippen molar-refractivity contribution in [2.75, 3.05) is 7.11 Å². The first-order valence-corrected chi connectivity index (χ1v) is 5.10. The molecule has 0 aliphatic carbocycles. The van der Waals surface area contributed by atoms with Crippen LogP contribution in [-0.4, -0.2) is 13.2 Å². The van der Waals surface area contributed by atoms with Gasteiger partial charge in [0.2, 0.25) is 0 Å². The predicted octanol–water partition coefficient (Wildman–Crippen LogP) is 2.63.